The summed E-state index contributed by atoms with van der Waals surface area (Å²) in [5.74, 6) is 1.92. The van der Waals surface area contributed by atoms with E-state index in [0.717, 1.165) is 17.7 Å². The number of piperidine rings is 1. The Labute approximate surface area is 141 Å². The second-order valence-corrected chi connectivity index (χ2v) is 9.04. The number of hydrogen-bond acceptors (Lipinski definition) is 2. The van der Waals surface area contributed by atoms with E-state index < -0.39 is 0 Å². The van der Waals surface area contributed by atoms with Crippen molar-refractivity contribution in [3.05, 3.63) is 29.3 Å². The van der Waals surface area contributed by atoms with Gasteiger partial charge in [0.1, 0.15) is 11.4 Å². The first-order chi connectivity index (χ1) is 10.9. The first-order valence-electron chi connectivity index (χ1n) is 9.42. The monoisotopic (exact) mass is 313 g/mol. The van der Waals surface area contributed by atoms with Crippen molar-refractivity contribution in [1.29, 1.82) is 0 Å². The van der Waals surface area contributed by atoms with Gasteiger partial charge in [-0.3, -0.25) is 0 Å². The Morgan fingerprint density at radius 3 is 2.78 bits per heavy atom. The third-order valence-corrected chi connectivity index (χ3v) is 6.51. The van der Waals surface area contributed by atoms with Crippen molar-refractivity contribution in [2.24, 2.45) is 5.92 Å². The van der Waals surface area contributed by atoms with Gasteiger partial charge < -0.3 is 9.64 Å². The standard InChI is InChI=1S/C21H31NO/c1-20(2,3)23-16-9-8-15-13-19-17-7-5-6-10-21(17,18(15)14-16)11-12-22(19)4/h8-9,14,17,19H,5-7,10-13H2,1-4H3/t17-,19-,21+/m0/s1. The normalized spacial score (nSPS) is 33.7. The summed E-state index contributed by atoms with van der Waals surface area (Å²) in [6.07, 6.45) is 8.18. The highest BCUT2D eigenvalue weighted by Crippen LogP contribution is 2.56. The third-order valence-electron chi connectivity index (χ3n) is 6.51. The first kappa shape index (κ1) is 15.5. The van der Waals surface area contributed by atoms with Gasteiger partial charge in [-0.1, -0.05) is 18.9 Å². The zero-order chi connectivity index (χ0) is 16.2. The Bertz CT molecular complexity index is 602. The molecule has 0 unspecified atom stereocenters. The molecule has 1 saturated heterocycles. The van der Waals surface area contributed by atoms with Crippen LogP contribution in [0.15, 0.2) is 18.2 Å². The van der Waals surface area contributed by atoms with Gasteiger partial charge in [0.25, 0.3) is 0 Å². The summed E-state index contributed by atoms with van der Waals surface area (Å²) in [5.41, 5.74) is 3.52. The van der Waals surface area contributed by atoms with E-state index in [1.807, 2.05) is 0 Å². The smallest absolute Gasteiger partial charge is 0.120 e. The molecule has 2 aliphatic carbocycles. The van der Waals surface area contributed by atoms with Gasteiger partial charge in [0.2, 0.25) is 0 Å². The predicted octanol–water partition coefficient (Wildman–Crippen LogP) is 4.55. The number of benzene rings is 1. The highest BCUT2D eigenvalue weighted by Gasteiger charge is 2.53. The van der Waals surface area contributed by atoms with Crippen molar-refractivity contribution in [2.45, 2.75) is 76.4 Å². The van der Waals surface area contributed by atoms with Crippen molar-refractivity contribution < 1.29 is 4.74 Å². The maximum absolute atomic E-state index is 6.19. The number of fused-ring (bicyclic) bond motifs is 1. The molecule has 1 aromatic rings. The van der Waals surface area contributed by atoms with Gasteiger partial charge in [0.15, 0.2) is 0 Å². The van der Waals surface area contributed by atoms with E-state index in [9.17, 15) is 0 Å². The van der Waals surface area contributed by atoms with E-state index in [0.29, 0.717) is 5.41 Å². The molecule has 2 nitrogen and oxygen atoms in total. The zero-order valence-electron chi connectivity index (χ0n) is 15.2. The maximum Gasteiger partial charge on any atom is 0.120 e. The maximum atomic E-state index is 6.19. The lowest BCUT2D eigenvalue weighted by atomic mass is 9.52. The van der Waals surface area contributed by atoms with E-state index in [1.165, 1.54) is 45.1 Å². The van der Waals surface area contributed by atoms with Gasteiger partial charge in [0.05, 0.1) is 0 Å². The van der Waals surface area contributed by atoms with Crippen LogP contribution in [0.3, 0.4) is 0 Å². The molecule has 1 aliphatic heterocycles. The molecule has 3 aliphatic rings. The first-order valence-corrected chi connectivity index (χ1v) is 9.42. The molecular weight excluding hydrogens is 282 g/mol. The van der Waals surface area contributed by atoms with E-state index >= 15 is 0 Å². The fourth-order valence-corrected chi connectivity index (χ4v) is 5.59. The van der Waals surface area contributed by atoms with Gasteiger partial charge in [-0.25, -0.2) is 0 Å². The Balaban J connectivity index is 1.79. The molecule has 0 spiro atoms. The summed E-state index contributed by atoms with van der Waals surface area (Å²) in [5, 5.41) is 0. The molecule has 1 aromatic carbocycles. The lowest BCUT2D eigenvalue weighted by molar-refractivity contribution is 0.00251. The number of likely N-dealkylation sites (tertiary alicyclic amines) is 1. The molecule has 0 amide bonds. The average Bonchev–Trinajstić information content (AvgIpc) is 2.50. The van der Waals surface area contributed by atoms with Crippen LogP contribution in [0.1, 0.15) is 64.0 Å². The third kappa shape index (κ3) is 2.50. The van der Waals surface area contributed by atoms with Crippen LogP contribution in [-0.4, -0.2) is 30.1 Å². The zero-order valence-corrected chi connectivity index (χ0v) is 15.2. The molecule has 2 heteroatoms. The molecule has 0 N–H and O–H groups in total. The number of hydrogen-bond donors (Lipinski definition) is 0. The van der Waals surface area contributed by atoms with Crippen LogP contribution in [0.4, 0.5) is 0 Å². The van der Waals surface area contributed by atoms with E-state index in [4.69, 9.17) is 4.74 Å². The number of nitrogens with zero attached hydrogens (tertiary/aromatic N) is 1. The SMILES string of the molecule is CN1CC[C@]23CCCC[C@H]2[C@@H]1Cc1ccc(OC(C)(C)C)cc13. The van der Waals surface area contributed by atoms with Crippen molar-refractivity contribution in [1.82, 2.24) is 4.90 Å². The topological polar surface area (TPSA) is 12.5 Å². The Morgan fingerprint density at radius 2 is 2.00 bits per heavy atom. The van der Waals surface area contributed by atoms with Gasteiger partial charge in [-0.05, 0) is 89.2 Å². The Morgan fingerprint density at radius 1 is 1.17 bits per heavy atom. The summed E-state index contributed by atoms with van der Waals surface area (Å²) in [4.78, 5) is 2.64. The second kappa shape index (κ2) is 5.24. The van der Waals surface area contributed by atoms with Crippen LogP contribution >= 0.6 is 0 Å². The van der Waals surface area contributed by atoms with E-state index in [1.54, 1.807) is 11.1 Å². The van der Waals surface area contributed by atoms with Crippen LogP contribution in [0, 0.1) is 5.92 Å². The molecule has 1 heterocycles. The Hall–Kier alpha value is -1.02. The van der Waals surface area contributed by atoms with Crippen molar-refractivity contribution in [3.63, 3.8) is 0 Å². The summed E-state index contributed by atoms with van der Waals surface area (Å²) in [6, 6.07) is 7.71. The molecule has 2 fully saturated rings. The fourth-order valence-electron chi connectivity index (χ4n) is 5.59. The number of ether oxygens (including phenoxy) is 1. The molecule has 0 aromatic heterocycles. The van der Waals surface area contributed by atoms with Crippen LogP contribution in [0.25, 0.3) is 0 Å². The van der Waals surface area contributed by atoms with Crippen LogP contribution in [-0.2, 0) is 11.8 Å². The van der Waals surface area contributed by atoms with Crippen LogP contribution < -0.4 is 4.74 Å². The number of rotatable bonds is 1. The minimum absolute atomic E-state index is 0.123. The quantitative estimate of drug-likeness (QED) is 0.754. The lowest BCUT2D eigenvalue weighted by Gasteiger charge is -2.58. The Kier molecular flexibility index (Phi) is 3.53. The molecule has 1 saturated carbocycles. The largest absolute Gasteiger partial charge is 0.488 e. The summed E-state index contributed by atoms with van der Waals surface area (Å²) in [7, 11) is 2.34. The van der Waals surface area contributed by atoms with Gasteiger partial charge >= 0.3 is 0 Å². The van der Waals surface area contributed by atoms with E-state index in [-0.39, 0.29) is 5.60 Å². The average molecular weight is 313 g/mol. The van der Waals surface area contributed by atoms with Gasteiger partial charge in [-0.15, -0.1) is 0 Å². The molecule has 2 bridgehead atoms. The lowest BCUT2D eigenvalue weighted by Crippen LogP contribution is -2.59. The van der Waals surface area contributed by atoms with Crippen LogP contribution in [0.5, 0.6) is 5.75 Å². The number of likely N-dealkylation sites (N-methyl/N-ethyl adjacent to an activating group) is 1. The van der Waals surface area contributed by atoms with Crippen LogP contribution in [0.2, 0.25) is 0 Å². The van der Waals surface area contributed by atoms with Crippen molar-refractivity contribution >= 4 is 0 Å². The molecular formula is C21H31NO. The minimum atomic E-state index is -0.123. The summed E-state index contributed by atoms with van der Waals surface area (Å²) in [6.45, 7) is 7.67. The minimum Gasteiger partial charge on any atom is -0.488 e. The molecule has 126 valence electrons. The second-order valence-electron chi connectivity index (χ2n) is 9.04. The van der Waals surface area contributed by atoms with Gasteiger partial charge in [-0.2, -0.15) is 0 Å². The molecule has 4 rings (SSSR count). The predicted molar refractivity (Wildman–Crippen MR) is 95.2 cm³/mol. The van der Waals surface area contributed by atoms with Gasteiger partial charge in [0, 0.05) is 11.5 Å². The molecule has 0 radical (unpaired) electrons. The van der Waals surface area contributed by atoms with Crippen molar-refractivity contribution in [3.8, 4) is 5.75 Å². The highest BCUT2D eigenvalue weighted by molar-refractivity contribution is 5.45. The highest BCUT2D eigenvalue weighted by atomic mass is 16.5. The summed E-state index contributed by atoms with van der Waals surface area (Å²) < 4.78 is 6.19. The van der Waals surface area contributed by atoms with Crippen molar-refractivity contribution in [2.75, 3.05) is 13.6 Å². The molecule has 3 atom stereocenters. The fraction of sp³-hybridized carbons (Fsp3) is 0.714. The van der Waals surface area contributed by atoms with E-state index in [2.05, 4.69) is 50.9 Å². The molecule has 23 heavy (non-hydrogen) atoms. The summed E-state index contributed by atoms with van der Waals surface area (Å²) >= 11 is 0.